The number of nitrogens with one attached hydrogen (secondary N) is 2. The van der Waals surface area contributed by atoms with Gasteiger partial charge >= 0.3 is 6.18 Å². The van der Waals surface area contributed by atoms with Crippen molar-refractivity contribution >= 4 is 17.5 Å². The van der Waals surface area contributed by atoms with E-state index in [2.05, 4.69) is 29.4 Å². The SMILES string of the molecule is CCN(CC)CCNC(=O)c1ccc(NC(=O)Cc2cccc(C(F)(F)F)c2)cc1. The lowest BCUT2D eigenvalue weighted by molar-refractivity contribution is -0.137. The van der Waals surface area contributed by atoms with Crippen LogP contribution in [0.3, 0.4) is 0 Å². The van der Waals surface area contributed by atoms with Gasteiger partial charge in [0, 0.05) is 24.3 Å². The first kappa shape index (κ1) is 23.4. The normalized spacial score (nSPS) is 11.4. The van der Waals surface area contributed by atoms with Crippen molar-refractivity contribution in [1.29, 1.82) is 0 Å². The number of hydrogen-bond acceptors (Lipinski definition) is 3. The maximum Gasteiger partial charge on any atom is 0.416 e. The van der Waals surface area contributed by atoms with E-state index < -0.39 is 17.6 Å². The van der Waals surface area contributed by atoms with Crippen LogP contribution in [-0.4, -0.2) is 42.9 Å². The van der Waals surface area contributed by atoms with Crippen molar-refractivity contribution in [2.45, 2.75) is 26.4 Å². The second kappa shape index (κ2) is 10.8. The minimum atomic E-state index is -4.45. The van der Waals surface area contributed by atoms with Gasteiger partial charge in [-0.15, -0.1) is 0 Å². The molecule has 0 saturated heterocycles. The third-order valence-corrected chi connectivity index (χ3v) is 4.66. The van der Waals surface area contributed by atoms with Gasteiger partial charge in [0.1, 0.15) is 0 Å². The summed E-state index contributed by atoms with van der Waals surface area (Å²) in [4.78, 5) is 26.5. The number of alkyl halides is 3. The molecule has 162 valence electrons. The molecule has 0 saturated carbocycles. The van der Waals surface area contributed by atoms with Gasteiger partial charge in [0.15, 0.2) is 0 Å². The summed E-state index contributed by atoms with van der Waals surface area (Å²) in [6.07, 6.45) is -4.63. The zero-order chi connectivity index (χ0) is 22.1. The Bertz CT molecular complexity index is 847. The number of benzene rings is 2. The molecule has 0 unspecified atom stereocenters. The van der Waals surface area contributed by atoms with E-state index in [1.165, 1.54) is 12.1 Å². The Morgan fingerprint density at radius 1 is 1.00 bits per heavy atom. The lowest BCUT2D eigenvalue weighted by Crippen LogP contribution is -2.34. The fraction of sp³-hybridized carbons (Fsp3) is 0.364. The van der Waals surface area contributed by atoms with Crippen LogP contribution in [0.1, 0.15) is 35.3 Å². The number of carbonyl (C=O) groups excluding carboxylic acids is 2. The van der Waals surface area contributed by atoms with E-state index in [1.54, 1.807) is 24.3 Å². The molecule has 0 aliphatic carbocycles. The van der Waals surface area contributed by atoms with E-state index in [-0.39, 0.29) is 17.9 Å². The Hall–Kier alpha value is -2.87. The zero-order valence-corrected chi connectivity index (χ0v) is 17.1. The summed E-state index contributed by atoms with van der Waals surface area (Å²) in [5.41, 5.74) is 0.410. The van der Waals surface area contributed by atoms with Crippen LogP contribution in [0.2, 0.25) is 0 Å². The molecule has 2 rings (SSSR count). The van der Waals surface area contributed by atoms with Gasteiger partial charge in [-0.25, -0.2) is 0 Å². The van der Waals surface area contributed by atoms with E-state index in [0.717, 1.165) is 31.8 Å². The highest BCUT2D eigenvalue weighted by atomic mass is 19.4. The zero-order valence-electron chi connectivity index (χ0n) is 17.1. The molecule has 0 bridgehead atoms. The smallest absolute Gasteiger partial charge is 0.351 e. The summed E-state index contributed by atoms with van der Waals surface area (Å²) >= 11 is 0. The third kappa shape index (κ3) is 7.18. The highest BCUT2D eigenvalue weighted by molar-refractivity contribution is 5.96. The van der Waals surface area contributed by atoms with E-state index >= 15 is 0 Å². The molecule has 0 radical (unpaired) electrons. The number of nitrogens with zero attached hydrogens (tertiary/aromatic N) is 1. The van der Waals surface area contributed by atoms with Gasteiger partial charge < -0.3 is 15.5 Å². The fourth-order valence-corrected chi connectivity index (χ4v) is 2.92. The van der Waals surface area contributed by atoms with Crippen molar-refractivity contribution in [3.8, 4) is 0 Å². The van der Waals surface area contributed by atoms with Crippen molar-refractivity contribution in [2.24, 2.45) is 0 Å². The molecule has 0 atom stereocenters. The first-order valence-corrected chi connectivity index (χ1v) is 9.79. The highest BCUT2D eigenvalue weighted by Gasteiger charge is 2.30. The van der Waals surface area contributed by atoms with Gasteiger partial charge in [0.05, 0.1) is 12.0 Å². The average Bonchev–Trinajstić information content (AvgIpc) is 2.71. The molecule has 8 heteroatoms. The van der Waals surface area contributed by atoms with E-state index in [0.29, 0.717) is 17.8 Å². The second-order valence-corrected chi connectivity index (χ2v) is 6.78. The van der Waals surface area contributed by atoms with Crippen LogP contribution in [0.4, 0.5) is 18.9 Å². The molecule has 0 fully saturated rings. The van der Waals surface area contributed by atoms with Crippen LogP contribution in [-0.2, 0) is 17.4 Å². The van der Waals surface area contributed by atoms with Crippen LogP contribution in [0.5, 0.6) is 0 Å². The maximum atomic E-state index is 12.8. The van der Waals surface area contributed by atoms with Crippen LogP contribution < -0.4 is 10.6 Å². The summed E-state index contributed by atoms with van der Waals surface area (Å²) in [6.45, 7) is 7.26. The average molecular weight is 421 g/mol. The van der Waals surface area contributed by atoms with E-state index in [9.17, 15) is 22.8 Å². The molecule has 2 amide bonds. The van der Waals surface area contributed by atoms with Crippen LogP contribution in [0.15, 0.2) is 48.5 Å². The molecular formula is C22H26F3N3O2. The molecular weight excluding hydrogens is 395 g/mol. The summed E-state index contributed by atoms with van der Waals surface area (Å²) < 4.78 is 38.3. The Labute approximate surface area is 174 Å². The van der Waals surface area contributed by atoms with Gasteiger partial charge in [-0.1, -0.05) is 32.0 Å². The van der Waals surface area contributed by atoms with Gasteiger partial charge in [-0.05, 0) is 49.0 Å². The lowest BCUT2D eigenvalue weighted by Gasteiger charge is -2.18. The molecule has 0 heterocycles. The summed E-state index contributed by atoms with van der Waals surface area (Å²) in [5, 5.41) is 5.48. The van der Waals surface area contributed by atoms with Crippen molar-refractivity contribution in [3.63, 3.8) is 0 Å². The van der Waals surface area contributed by atoms with Crippen molar-refractivity contribution in [2.75, 3.05) is 31.5 Å². The third-order valence-electron chi connectivity index (χ3n) is 4.66. The number of hydrogen-bond donors (Lipinski definition) is 2. The standard InChI is InChI=1S/C22H26F3N3O2/c1-3-28(4-2)13-12-26-21(30)17-8-10-19(11-9-17)27-20(29)15-16-6-5-7-18(14-16)22(23,24)25/h5-11,14H,3-4,12-13,15H2,1-2H3,(H,26,30)(H,27,29). The minimum Gasteiger partial charge on any atom is -0.351 e. The number of halogens is 3. The number of likely N-dealkylation sites (N-methyl/N-ethyl adjacent to an activating group) is 1. The number of carbonyl (C=O) groups is 2. The molecule has 5 nitrogen and oxygen atoms in total. The largest absolute Gasteiger partial charge is 0.416 e. The number of rotatable bonds is 9. The first-order valence-electron chi connectivity index (χ1n) is 9.79. The van der Waals surface area contributed by atoms with Crippen molar-refractivity contribution in [3.05, 3.63) is 65.2 Å². The van der Waals surface area contributed by atoms with Gasteiger partial charge in [-0.3, -0.25) is 9.59 Å². The Kier molecular flexibility index (Phi) is 8.41. The van der Waals surface area contributed by atoms with Crippen LogP contribution >= 0.6 is 0 Å². The molecule has 2 N–H and O–H groups in total. The molecule has 2 aromatic rings. The monoisotopic (exact) mass is 421 g/mol. The molecule has 0 aliphatic rings. The number of amides is 2. The molecule has 0 spiro atoms. The molecule has 0 aromatic heterocycles. The Morgan fingerprint density at radius 3 is 2.27 bits per heavy atom. The molecule has 0 aliphatic heterocycles. The van der Waals surface area contributed by atoms with Gasteiger partial charge in [-0.2, -0.15) is 13.2 Å². The van der Waals surface area contributed by atoms with Crippen LogP contribution in [0.25, 0.3) is 0 Å². The van der Waals surface area contributed by atoms with Gasteiger partial charge in [0.25, 0.3) is 5.91 Å². The quantitative estimate of drug-likeness (QED) is 0.644. The van der Waals surface area contributed by atoms with Crippen LogP contribution in [0, 0.1) is 0 Å². The Balaban J connectivity index is 1.88. The van der Waals surface area contributed by atoms with Gasteiger partial charge in [0.2, 0.25) is 5.91 Å². The topological polar surface area (TPSA) is 61.4 Å². The molecule has 30 heavy (non-hydrogen) atoms. The lowest BCUT2D eigenvalue weighted by atomic mass is 10.1. The van der Waals surface area contributed by atoms with E-state index in [4.69, 9.17) is 0 Å². The second-order valence-electron chi connectivity index (χ2n) is 6.78. The minimum absolute atomic E-state index is 0.183. The number of anilines is 1. The predicted octanol–water partition coefficient (Wildman–Crippen LogP) is 3.96. The maximum absolute atomic E-state index is 12.8. The highest BCUT2D eigenvalue weighted by Crippen LogP contribution is 2.29. The van der Waals surface area contributed by atoms with Crippen molar-refractivity contribution < 1.29 is 22.8 Å². The predicted molar refractivity (Wildman–Crippen MR) is 110 cm³/mol. The first-order chi connectivity index (χ1) is 14.2. The van der Waals surface area contributed by atoms with E-state index in [1.807, 2.05) is 0 Å². The molecule has 2 aromatic carbocycles. The van der Waals surface area contributed by atoms with Crippen molar-refractivity contribution in [1.82, 2.24) is 10.2 Å². The summed E-state index contributed by atoms with van der Waals surface area (Å²) in [6, 6.07) is 11.0. The summed E-state index contributed by atoms with van der Waals surface area (Å²) in [5.74, 6) is -0.644. The Morgan fingerprint density at radius 2 is 1.67 bits per heavy atom. The summed E-state index contributed by atoms with van der Waals surface area (Å²) in [7, 11) is 0. The fourth-order valence-electron chi connectivity index (χ4n) is 2.92.